The molecule has 1 fully saturated rings. The van der Waals surface area contributed by atoms with Crippen molar-refractivity contribution < 1.29 is 9.84 Å². The smallest absolute Gasteiger partial charge is 0.193 e. The molecule has 1 N–H and O–H groups in total. The fourth-order valence-corrected chi connectivity index (χ4v) is 3.23. The number of imidazole rings is 1. The molecule has 2 atom stereocenters. The summed E-state index contributed by atoms with van der Waals surface area (Å²) >= 11 is 1.61. The van der Waals surface area contributed by atoms with Crippen LogP contribution in [0, 0.1) is 0 Å². The Labute approximate surface area is 110 Å². The van der Waals surface area contributed by atoms with Crippen LogP contribution in [0.5, 0.6) is 0 Å². The predicted molar refractivity (Wildman–Crippen MR) is 71.0 cm³/mol. The highest BCUT2D eigenvalue weighted by molar-refractivity contribution is 7.15. The number of fused-ring (bicyclic) bond motifs is 1. The molecule has 2 aromatic rings. The van der Waals surface area contributed by atoms with Crippen LogP contribution in [0.25, 0.3) is 4.96 Å². The van der Waals surface area contributed by atoms with Gasteiger partial charge in [0.2, 0.25) is 0 Å². The minimum absolute atomic E-state index is 0.407. The van der Waals surface area contributed by atoms with Gasteiger partial charge in [-0.15, -0.1) is 11.3 Å². The molecular weight excluding hydrogens is 248 g/mol. The molecule has 0 amide bonds. The number of aliphatic hydroxyl groups is 1. The second-order valence-electron chi connectivity index (χ2n) is 5.16. The van der Waals surface area contributed by atoms with Gasteiger partial charge >= 0.3 is 0 Å². The molecule has 5 heteroatoms. The summed E-state index contributed by atoms with van der Waals surface area (Å²) in [5, 5.41) is 12.4. The normalized spacial score (nSPS) is 26.6. The molecule has 4 nitrogen and oxygen atoms in total. The highest BCUT2D eigenvalue weighted by atomic mass is 32.1. The van der Waals surface area contributed by atoms with Crippen LogP contribution in [0.1, 0.15) is 31.9 Å². The first-order chi connectivity index (χ1) is 8.67. The van der Waals surface area contributed by atoms with Crippen LogP contribution in [0.15, 0.2) is 17.8 Å². The minimum atomic E-state index is -0.484. The van der Waals surface area contributed by atoms with Crippen LogP contribution in [-0.2, 0) is 11.2 Å². The molecule has 18 heavy (non-hydrogen) atoms. The Hall–Kier alpha value is -0.910. The average molecular weight is 266 g/mol. The summed E-state index contributed by atoms with van der Waals surface area (Å²) in [6, 6.07) is 0. The highest BCUT2D eigenvalue weighted by Crippen LogP contribution is 2.29. The van der Waals surface area contributed by atoms with Crippen molar-refractivity contribution in [3.63, 3.8) is 0 Å². The molecule has 1 aliphatic rings. The van der Waals surface area contributed by atoms with Crippen molar-refractivity contribution in [2.45, 2.75) is 44.3 Å². The summed E-state index contributed by atoms with van der Waals surface area (Å²) in [5.74, 6) is 0. The highest BCUT2D eigenvalue weighted by Gasteiger charge is 2.36. The molecule has 3 heterocycles. The van der Waals surface area contributed by atoms with Crippen molar-refractivity contribution in [2.24, 2.45) is 0 Å². The summed E-state index contributed by atoms with van der Waals surface area (Å²) in [6.45, 7) is 2.76. The van der Waals surface area contributed by atoms with E-state index in [0.29, 0.717) is 6.42 Å². The molecule has 3 rings (SSSR count). The monoisotopic (exact) mass is 266 g/mol. The molecule has 2 unspecified atom stereocenters. The van der Waals surface area contributed by atoms with Gasteiger partial charge in [-0.25, -0.2) is 4.98 Å². The van der Waals surface area contributed by atoms with Crippen LogP contribution in [0.3, 0.4) is 0 Å². The predicted octanol–water partition coefficient (Wildman–Crippen LogP) is 2.26. The fraction of sp³-hybridized carbons (Fsp3) is 0.615. The number of thiazole rings is 1. The molecule has 0 bridgehead atoms. The quantitative estimate of drug-likeness (QED) is 0.927. The molecule has 0 aliphatic carbocycles. The van der Waals surface area contributed by atoms with Crippen molar-refractivity contribution >= 4 is 16.3 Å². The third-order valence-corrected chi connectivity index (χ3v) is 4.52. The number of aromatic nitrogens is 2. The summed E-state index contributed by atoms with van der Waals surface area (Å²) in [6.07, 6.45) is 7.21. The SMILES string of the molecule is CC1(C(O)Cc2cn3ccsc3n2)CCCCO1. The molecular formula is C13H18N2O2S. The van der Waals surface area contributed by atoms with Crippen LogP contribution in [0.4, 0.5) is 0 Å². The zero-order chi connectivity index (χ0) is 12.6. The van der Waals surface area contributed by atoms with Gasteiger partial charge in [-0.3, -0.25) is 4.40 Å². The van der Waals surface area contributed by atoms with E-state index < -0.39 is 11.7 Å². The number of hydrogen-bond donors (Lipinski definition) is 1. The summed E-state index contributed by atoms with van der Waals surface area (Å²) < 4.78 is 7.77. The van der Waals surface area contributed by atoms with Crippen molar-refractivity contribution in [1.29, 1.82) is 0 Å². The van der Waals surface area contributed by atoms with Gasteiger partial charge in [-0.1, -0.05) is 0 Å². The third-order valence-electron chi connectivity index (χ3n) is 3.75. The van der Waals surface area contributed by atoms with Crippen LogP contribution >= 0.6 is 11.3 Å². The van der Waals surface area contributed by atoms with E-state index in [2.05, 4.69) is 4.98 Å². The molecule has 98 valence electrons. The van der Waals surface area contributed by atoms with Gasteiger partial charge in [0.25, 0.3) is 0 Å². The molecule has 0 saturated carbocycles. The number of rotatable bonds is 3. The molecule has 0 spiro atoms. The second-order valence-corrected chi connectivity index (χ2v) is 6.04. The van der Waals surface area contributed by atoms with Crippen molar-refractivity contribution in [3.05, 3.63) is 23.5 Å². The lowest BCUT2D eigenvalue weighted by Crippen LogP contribution is -2.45. The van der Waals surface area contributed by atoms with E-state index in [1.54, 1.807) is 11.3 Å². The Morgan fingerprint density at radius 1 is 1.61 bits per heavy atom. The Bertz CT molecular complexity index is 499. The van der Waals surface area contributed by atoms with Gasteiger partial charge in [0, 0.05) is 30.8 Å². The van der Waals surface area contributed by atoms with Crippen molar-refractivity contribution in [1.82, 2.24) is 9.38 Å². The Balaban J connectivity index is 1.73. The van der Waals surface area contributed by atoms with Gasteiger partial charge < -0.3 is 9.84 Å². The van der Waals surface area contributed by atoms with E-state index in [9.17, 15) is 5.11 Å². The number of nitrogens with zero attached hydrogens (tertiary/aromatic N) is 2. The van der Waals surface area contributed by atoms with E-state index in [1.807, 2.05) is 29.1 Å². The summed E-state index contributed by atoms with van der Waals surface area (Å²) in [7, 11) is 0. The number of hydrogen-bond acceptors (Lipinski definition) is 4. The lowest BCUT2D eigenvalue weighted by Gasteiger charge is -2.37. The maximum atomic E-state index is 10.4. The van der Waals surface area contributed by atoms with Crippen molar-refractivity contribution in [3.8, 4) is 0 Å². The van der Waals surface area contributed by atoms with E-state index in [0.717, 1.165) is 36.5 Å². The fourth-order valence-electron chi connectivity index (χ4n) is 2.51. The van der Waals surface area contributed by atoms with Gasteiger partial charge in [0.1, 0.15) is 0 Å². The molecule has 0 radical (unpaired) electrons. The lowest BCUT2D eigenvalue weighted by atomic mass is 9.88. The Morgan fingerprint density at radius 2 is 2.50 bits per heavy atom. The van der Waals surface area contributed by atoms with Crippen LogP contribution in [0.2, 0.25) is 0 Å². The van der Waals surface area contributed by atoms with Gasteiger partial charge in [-0.2, -0.15) is 0 Å². The topological polar surface area (TPSA) is 46.8 Å². The minimum Gasteiger partial charge on any atom is -0.390 e. The molecule has 1 aliphatic heterocycles. The number of ether oxygens (including phenoxy) is 1. The van der Waals surface area contributed by atoms with Gasteiger partial charge in [0.05, 0.1) is 17.4 Å². The first-order valence-electron chi connectivity index (χ1n) is 6.40. The van der Waals surface area contributed by atoms with Crippen molar-refractivity contribution in [2.75, 3.05) is 6.61 Å². The third kappa shape index (κ3) is 2.18. The van der Waals surface area contributed by atoms with Gasteiger partial charge in [-0.05, 0) is 26.2 Å². The molecule has 2 aromatic heterocycles. The van der Waals surface area contributed by atoms with Gasteiger partial charge in [0.15, 0.2) is 4.96 Å². The van der Waals surface area contributed by atoms with Crippen LogP contribution in [-0.4, -0.2) is 32.8 Å². The van der Waals surface area contributed by atoms with Crippen LogP contribution < -0.4 is 0 Å². The maximum absolute atomic E-state index is 10.4. The second kappa shape index (κ2) is 4.64. The molecule has 0 aromatic carbocycles. The summed E-state index contributed by atoms with van der Waals surface area (Å²) in [4.78, 5) is 5.48. The maximum Gasteiger partial charge on any atom is 0.193 e. The average Bonchev–Trinajstić information content (AvgIpc) is 2.90. The lowest BCUT2D eigenvalue weighted by molar-refractivity contribution is -0.135. The standard InChI is InChI=1S/C13H18N2O2S/c1-13(4-2-3-6-17-13)11(16)8-10-9-15-5-7-18-12(15)14-10/h5,7,9,11,16H,2-4,6,8H2,1H3. The van der Waals surface area contributed by atoms with E-state index in [1.165, 1.54) is 0 Å². The molecule has 1 saturated heterocycles. The summed E-state index contributed by atoms with van der Waals surface area (Å²) in [5.41, 5.74) is 0.528. The first kappa shape index (κ1) is 12.1. The first-order valence-corrected chi connectivity index (χ1v) is 7.28. The largest absolute Gasteiger partial charge is 0.390 e. The zero-order valence-electron chi connectivity index (χ0n) is 10.5. The van der Waals surface area contributed by atoms with E-state index in [-0.39, 0.29) is 0 Å². The van der Waals surface area contributed by atoms with E-state index in [4.69, 9.17) is 4.74 Å². The number of aliphatic hydroxyl groups excluding tert-OH is 1. The van der Waals surface area contributed by atoms with E-state index >= 15 is 0 Å². The Morgan fingerprint density at radius 3 is 3.22 bits per heavy atom. The Kier molecular flexibility index (Phi) is 3.13. The zero-order valence-corrected chi connectivity index (χ0v) is 11.3.